The van der Waals surface area contributed by atoms with Crippen LogP contribution in [0.4, 0.5) is 4.79 Å². The van der Waals surface area contributed by atoms with Gasteiger partial charge >= 0.3 is 12.0 Å². The normalized spacial score (nSPS) is 30.3. The number of carbonyl (C=O) groups is 2. The van der Waals surface area contributed by atoms with Crippen molar-refractivity contribution in [3.05, 3.63) is 0 Å². The van der Waals surface area contributed by atoms with E-state index in [4.69, 9.17) is 9.84 Å². The number of nitrogens with zero attached hydrogens (tertiary/aromatic N) is 2. The number of ether oxygens (including phenoxy) is 1. The number of hydrogen-bond donors (Lipinski definition) is 2. The Morgan fingerprint density at radius 1 is 1.45 bits per heavy atom. The second-order valence-corrected chi connectivity index (χ2v) is 5.64. The van der Waals surface area contributed by atoms with Gasteiger partial charge in [-0.1, -0.05) is 0 Å². The van der Waals surface area contributed by atoms with Crippen molar-refractivity contribution in [1.82, 2.24) is 9.80 Å². The van der Waals surface area contributed by atoms with Gasteiger partial charge in [0.05, 0.1) is 12.7 Å². The number of aliphatic hydroxyl groups excluding tert-OH is 1. The van der Waals surface area contributed by atoms with Crippen LogP contribution in [0.1, 0.15) is 19.3 Å². The van der Waals surface area contributed by atoms with E-state index in [1.54, 1.807) is 7.05 Å². The first-order valence-corrected chi connectivity index (χ1v) is 6.99. The van der Waals surface area contributed by atoms with Gasteiger partial charge in [0.2, 0.25) is 0 Å². The maximum Gasteiger partial charge on any atom is 0.326 e. The van der Waals surface area contributed by atoms with Gasteiger partial charge < -0.3 is 24.7 Å². The van der Waals surface area contributed by atoms with Gasteiger partial charge in [-0.15, -0.1) is 0 Å². The number of β-amino-alcohol motifs (C(OH)–C–C–N with tert-alkyl or cyclic N) is 1. The Balaban J connectivity index is 1.93. The molecule has 2 aliphatic heterocycles. The third kappa shape index (κ3) is 3.40. The molecule has 2 N–H and O–H groups in total. The average molecular weight is 286 g/mol. The number of carbonyl (C=O) groups excluding carboxylic acids is 1. The first-order valence-electron chi connectivity index (χ1n) is 6.99. The minimum atomic E-state index is -1.07. The van der Waals surface area contributed by atoms with E-state index in [2.05, 4.69) is 0 Å². The van der Waals surface area contributed by atoms with Gasteiger partial charge in [0.1, 0.15) is 6.04 Å². The van der Waals surface area contributed by atoms with E-state index in [1.165, 1.54) is 9.80 Å². The standard InChI is InChI=1S/C13H22N2O5/c1-14(6-9-3-2-4-20-8-9)13(19)15-7-10(16)5-11(15)12(17)18/h9-11,16H,2-8H2,1H3,(H,17,18)/t9?,10-,11+/m1/s1. The van der Waals surface area contributed by atoms with Crippen LogP contribution in [0.3, 0.4) is 0 Å². The number of aliphatic hydroxyl groups is 1. The predicted molar refractivity (Wildman–Crippen MR) is 70.3 cm³/mol. The lowest BCUT2D eigenvalue weighted by molar-refractivity contribution is -0.141. The molecule has 7 heteroatoms. The fraction of sp³-hybridized carbons (Fsp3) is 0.846. The number of hydrogen-bond acceptors (Lipinski definition) is 4. The van der Waals surface area contributed by atoms with Crippen molar-refractivity contribution in [2.24, 2.45) is 5.92 Å². The van der Waals surface area contributed by atoms with Crippen molar-refractivity contribution in [3.8, 4) is 0 Å². The predicted octanol–water partition coefficient (Wildman–Crippen LogP) is -0.0154. The van der Waals surface area contributed by atoms with Crippen LogP contribution in [-0.4, -0.2) is 77.5 Å². The zero-order valence-electron chi connectivity index (χ0n) is 11.7. The van der Waals surface area contributed by atoms with Crippen LogP contribution in [0, 0.1) is 5.92 Å². The van der Waals surface area contributed by atoms with Crippen molar-refractivity contribution in [2.45, 2.75) is 31.4 Å². The third-order valence-corrected chi connectivity index (χ3v) is 3.92. The number of amides is 2. The minimum absolute atomic E-state index is 0.0846. The topological polar surface area (TPSA) is 90.3 Å². The summed E-state index contributed by atoms with van der Waals surface area (Å²) < 4.78 is 5.38. The van der Waals surface area contributed by atoms with Crippen LogP contribution in [0.15, 0.2) is 0 Å². The van der Waals surface area contributed by atoms with Crippen molar-refractivity contribution >= 4 is 12.0 Å². The molecule has 0 bridgehead atoms. The Morgan fingerprint density at radius 3 is 2.80 bits per heavy atom. The molecule has 0 spiro atoms. The molecule has 20 heavy (non-hydrogen) atoms. The summed E-state index contributed by atoms with van der Waals surface area (Å²) in [4.78, 5) is 26.2. The van der Waals surface area contributed by atoms with E-state index in [-0.39, 0.29) is 19.0 Å². The molecule has 0 aromatic heterocycles. The van der Waals surface area contributed by atoms with E-state index in [0.29, 0.717) is 19.1 Å². The molecule has 0 radical (unpaired) electrons. The molecular weight excluding hydrogens is 264 g/mol. The third-order valence-electron chi connectivity index (χ3n) is 3.92. The van der Waals surface area contributed by atoms with Crippen LogP contribution in [0.5, 0.6) is 0 Å². The van der Waals surface area contributed by atoms with Crippen LogP contribution >= 0.6 is 0 Å². The summed E-state index contributed by atoms with van der Waals surface area (Å²) in [7, 11) is 1.67. The minimum Gasteiger partial charge on any atom is -0.480 e. The molecule has 2 fully saturated rings. The largest absolute Gasteiger partial charge is 0.480 e. The SMILES string of the molecule is CN(CC1CCCOC1)C(=O)N1C[C@H](O)C[C@H]1C(=O)O. The number of rotatable bonds is 3. The first-order chi connectivity index (χ1) is 9.49. The number of aliphatic carboxylic acids is 1. The van der Waals surface area contributed by atoms with Crippen molar-refractivity contribution in [2.75, 3.05) is 33.4 Å². The molecule has 2 heterocycles. The fourth-order valence-corrected chi connectivity index (χ4v) is 2.90. The molecule has 2 saturated heterocycles. The quantitative estimate of drug-likeness (QED) is 0.761. The number of carboxylic acid groups (broad SMARTS) is 1. The van der Waals surface area contributed by atoms with Gasteiger partial charge in [-0.3, -0.25) is 0 Å². The van der Waals surface area contributed by atoms with Crippen molar-refractivity contribution in [1.29, 1.82) is 0 Å². The lowest BCUT2D eigenvalue weighted by Gasteiger charge is -2.31. The molecule has 0 aliphatic carbocycles. The van der Waals surface area contributed by atoms with Gasteiger partial charge in [0.15, 0.2) is 0 Å². The molecular formula is C13H22N2O5. The summed E-state index contributed by atoms with van der Waals surface area (Å²) >= 11 is 0. The van der Waals surface area contributed by atoms with Gasteiger partial charge in [-0.05, 0) is 12.8 Å². The second kappa shape index (κ2) is 6.41. The van der Waals surface area contributed by atoms with E-state index in [1.807, 2.05) is 0 Å². The first kappa shape index (κ1) is 15.1. The number of urea groups is 1. The fourth-order valence-electron chi connectivity index (χ4n) is 2.90. The Kier molecular flexibility index (Phi) is 4.82. The molecule has 114 valence electrons. The maximum atomic E-state index is 12.3. The maximum absolute atomic E-state index is 12.3. The molecule has 7 nitrogen and oxygen atoms in total. The molecule has 2 aliphatic rings. The molecule has 2 rings (SSSR count). The lowest BCUT2D eigenvalue weighted by atomic mass is 10.0. The van der Waals surface area contributed by atoms with E-state index < -0.39 is 18.1 Å². The van der Waals surface area contributed by atoms with Gasteiger partial charge in [0, 0.05) is 39.1 Å². The van der Waals surface area contributed by atoms with Gasteiger partial charge in [-0.2, -0.15) is 0 Å². The summed E-state index contributed by atoms with van der Waals surface area (Å²) in [6, 6.07) is -1.26. The molecule has 0 saturated carbocycles. The van der Waals surface area contributed by atoms with Gasteiger partial charge in [0.25, 0.3) is 0 Å². The highest BCUT2D eigenvalue weighted by atomic mass is 16.5. The number of carboxylic acids is 1. The van der Waals surface area contributed by atoms with E-state index in [0.717, 1.165) is 19.4 Å². The highest BCUT2D eigenvalue weighted by Gasteiger charge is 2.40. The molecule has 1 unspecified atom stereocenters. The van der Waals surface area contributed by atoms with E-state index in [9.17, 15) is 14.7 Å². The van der Waals surface area contributed by atoms with Crippen LogP contribution in [0.2, 0.25) is 0 Å². The van der Waals surface area contributed by atoms with Crippen LogP contribution < -0.4 is 0 Å². The highest BCUT2D eigenvalue weighted by Crippen LogP contribution is 2.21. The van der Waals surface area contributed by atoms with Gasteiger partial charge in [-0.25, -0.2) is 9.59 Å². The Bertz CT molecular complexity index is 370. The zero-order valence-corrected chi connectivity index (χ0v) is 11.7. The molecule has 3 atom stereocenters. The summed E-state index contributed by atoms with van der Waals surface area (Å²) in [5.74, 6) is -0.766. The monoisotopic (exact) mass is 286 g/mol. The molecule has 0 aromatic rings. The smallest absolute Gasteiger partial charge is 0.326 e. The van der Waals surface area contributed by atoms with Crippen molar-refractivity contribution < 1.29 is 24.5 Å². The van der Waals surface area contributed by atoms with Crippen molar-refractivity contribution in [3.63, 3.8) is 0 Å². The Morgan fingerprint density at radius 2 is 2.20 bits per heavy atom. The van der Waals surface area contributed by atoms with Crippen LogP contribution in [0.25, 0.3) is 0 Å². The Labute approximate surface area is 118 Å². The average Bonchev–Trinajstić information content (AvgIpc) is 2.81. The second-order valence-electron chi connectivity index (χ2n) is 5.64. The highest BCUT2D eigenvalue weighted by molar-refractivity contribution is 5.83. The molecule has 0 aromatic carbocycles. The molecule has 2 amide bonds. The summed E-state index contributed by atoms with van der Waals surface area (Å²) in [6.07, 6.45) is 1.35. The van der Waals surface area contributed by atoms with E-state index >= 15 is 0 Å². The summed E-state index contributed by atoms with van der Waals surface area (Å²) in [6.45, 7) is 2.05. The lowest BCUT2D eigenvalue weighted by Crippen LogP contribution is -2.48. The number of likely N-dealkylation sites (tertiary alicyclic amines) is 1. The van der Waals surface area contributed by atoms with Crippen LogP contribution in [-0.2, 0) is 9.53 Å². The summed E-state index contributed by atoms with van der Waals surface area (Å²) in [5, 5.41) is 18.7. The Hall–Kier alpha value is -1.34. The zero-order chi connectivity index (χ0) is 14.7. The summed E-state index contributed by atoms with van der Waals surface area (Å²) in [5.41, 5.74) is 0.